The van der Waals surface area contributed by atoms with Crippen LogP contribution in [0, 0.1) is 0 Å². The van der Waals surface area contributed by atoms with Gasteiger partial charge >= 0.3 is 17.9 Å². The number of amides is 10. The van der Waals surface area contributed by atoms with E-state index in [4.69, 9.17) is 44.6 Å². The molecule has 8 atom stereocenters. The van der Waals surface area contributed by atoms with Crippen LogP contribution in [0.15, 0.2) is 9.98 Å². The van der Waals surface area contributed by atoms with Crippen molar-refractivity contribution in [1.82, 2.24) is 42.5 Å². The van der Waals surface area contributed by atoms with Crippen LogP contribution in [-0.2, 0) is 62.3 Å². The highest BCUT2D eigenvalue weighted by Gasteiger charge is 2.35. The van der Waals surface area contributed by atoms with E-state index in [2.05, 4.69) is 47.2 Å². The molecule has 0 radical (unpaired) electrons. The fraction of sp³-hybridized carbons (Fsp3) is 0.634. The van der Waals surface area contributed by atoms with Crippen LogP contribution in [-0.4, -0.2) is 189 Å². The summed E-state index contributed by atoms with van der Waals surface area (Å²) < 4.78 is 0. The number of aliphatic hydroxyl groups excluding tert-OH is 1. The third-order valence-electron chi connectivity index (χ3n) is 10.2. The normalized spacial score (nSPS) is 13.9. The number of thioether (sulfide) groups is 1. The predicted octanol–water partition coefficient (Wildman–Crippen LogP) is -8.31. The van der Waals surface area contributed by atoms with Gasteiger partial charge in [0.15, 0.2) is 11.9 Å². The molecule has 0 saturated carbocycles. The van der Waals surface area contributed by atoms with E-state index in [1.54, 1.807) is 6.26 Å². The summed E-state index contributed by atoms with van der Waals surface area (Å²) in [6, 6.07) is -13.2. The molecule has 0 spiro atoms. The number of carboxylic acid groups (broad SMARTS) is 3. The molecule has 24 N–H and O–H groups in total. The highest BCUT2D eigenvalue weighted by molar-refractivity contribution is 7.98. The summed E-state index contributed by atoms with van der Waals surface area (Å²) in [6.45, 7) is -0.252. The van der Waals surface area contributed by atoms with Crippen molar-refractivity contribution >= 4 is 101 Å². The van der Waals surface area contributed by atoms with Crippen molar-refractivity contribution < 1.29 is 82.8 Å². The van der Waals surface area contributed by atoms with Crippen LogP contribution in [0.5, 0.6) is 0 Å². The van der Waals surface area contributed by atoms with Gasteiger partial charge in [-0.3, -0.25) is 72.3 Å². The largest absolute Gasteiger partial charge is 0.481 e. The van der Waals surface area contributed by atoms with Gasteiger partial charge < -0.3 is 97.4 Å². The molecule has 0 unspecified atom stereocenters. The number of aliphatic carboxylic acids is 3. The van der Waals surface area contributed by atoms with E-state index in [-0.39, 0.29) is 62.9 Å². The second-order valence-corrected chi connectivity index (χ2v) is 17.4. The molecule has 0 saturated heterocycles. The molecule has 0 bridgehead atoms. The standard InChI is InChI=1S/C41H70N16O17S/c1-19(59)50-22(8-11-29(61)62)35(70)54-24(9-12-30(63)64)37(72)55-25(13-16-75-2)38(73)53-23(7-10-28(42)60)36(71)52-20(5-3-14-48-40(44)45)33(68)51-21(6-4-15-49-41(46)47)34(69)57-27(18-58)39(74)56-26(32(43)67)17-31(65)66/h20-27,58H,3-18H2,1-2H3,(H2,42,60)(H2,43,67)(H,50,59)(H,51,68)(H,52,71)(H,53,73)(H,54,70)(H,55,72)(H,56,74)(H,57,69)(H,61,62)(H,63,64)(H,65,66)(H4,44,45,48)(H4,46,47,49)/t20-,21-,22-,23-,24-,25-,26-,27-/m0/s1. The molecule has 75 heavy (non-hydrogen) atoms. The van der Waals surface area contributed by atoms with Crippen LogP contribution in [0.4, 0.5) is 0 Å². The Morgan fingerprint density at radius 2 is 0.760 bits per heavy atom. The Kier molecular flexibility index (Phi) is 32.1. The Morgan fingerprint density at radius 3 is 1.07 bits per heavy atom. The molecule has 0 aromatic carbocycles. The van der Waals surface area contributed by atoms with Crippen molar-refractivity contribution in [3.63, 3.8) is 0 Å². The van der Waals surface area contributed by atoms with Gasteiger partial charge in [0.05, 0.1) is 13.0 Å². The van der Waals surface area contributed by atoms with Crippen LogP contribution >= 0.6 is 11.8 Å². The van der Waals surface area contributed by atoms with E-state index in [1.165, 1.54) is 11.8 Å². The van der Waals surface area contributed by atoms with E-state index in [0.717, 1.165) is 6.92 Å². The van der Waals surface area contributed by atoms with Crippen LogP contribution in [0.3, 0.4) is 0 Å². The molecular weight excluding hydrogens is 1020 g/mol. The first-order valence-corrected chi connectivity index (χ1v) is 24.3. The van der Waals surface area contributed by atoms with E-state index in [1.807, 2.05) is 5.32 Å². The number of aliphatic hydroxyl groups is 1. The quantitative estimate of drug-likeness (QED) is 0.0154. The molecule has 0 fully saturated rings. The maximum absolute atomic E-state index is 14.1. The lowest BCUT2D eigenvalue weighted by atomic mass is 10.0. The zero-order chi connectivity index (χ0) is 57.4. The number of hydrogen-bond donors (Lipinski definition) is 18. The van der Waals surface area contributed by atoms with E-state index >= 15 is 0 Å². The lowest BCUT2D eigenvalue weighted by molar-refractivity contribution is -0.141. The van der Waals surface area contributed by atoms with Crippen LogP contribution in [0.2, 0.25) is 0 Å². The van der Waals surface area contributed by atoms with Crippen molar-refractivity contribution in [3.05, 3.63) is 0 Å². The van der Waals surface area contributed by atoms with Crippen molar-refractivity contribution in [1.29, 1.82) is 0 Å². The number of carbonyl (C=O) groups is 13. The average Bonchev–Trinajstić information content (AvgIpc) is 3.31. The Balaban J connectivity index is 6.99. The van der Waals surface area contributed by atoms with Gasteiger partial charge in [-0.1, -0.05) is 0 Å². The summed E-state index contributed by atoms with van der Waals surface area (Å²) in [5.41, 5.74) is 32.2. The Labute approximate surface area is 433 Å². The van der Waals surface area contributed by atoms with Crippen molar-refractivity contribution in [2.45, 2.75) is 132 Å². The molecule has 422 valence electrons. The second kappa shape index (κ2) is 36.0. The molecule has 0 aliphatic heterocycles. The van der Waals surface area contributed by atoms with E-state index < -0.39 is 177 Å². The Morgan fingerprint density at radius 1 is 0.440 bits per heavy atom. The topological polar surface area (TPSA) is 580 Å². The van der Waals surface area contributed by atoms with E-state index in [9.17, 15) is 72.5 Å². The minimum atomic E-state index is -1.84. The number of nitrogens with two attached hydrogens (primary N) is 6. The molecule has 0 heterocycles. The number of hydrogen-bond acceptors (Lipinski definition) is 17. The number of aliphatic imine (C=N–C) groups is 2. The maximum Gasteiger partial charge on any atom is 0.305 e. The summed E-state index contributed by atoms with van der Waals surface area (Å²) >= 11 is 1.22. The minimum Gasteiger partial charge on any atom is -0.481 e. The fourth-order valence-electron chi connectivity index (χ4n) is 6.42. The highest BCUT2D eigenvalue weighted by atomic mass is 32.2. The number of primary amides is 2. The molecule has 0 rings (SSSR count). The molecule has 0 aliphatic rings. The third kappa shape index (κ3) is 29.9. The zero-order valence-electron chi connectivity index (χ0n) is 41.3. The first-order valence-electron chi connectivity index (χ1n) is 22.9. The molecule has 33 nitrogen and oxygen atoms in total. The monoisotopic (exact) mass is 1090 g/mol. The molecule has 0 aromatic heterocycles. The average molecular weight is 1090 g/mol. The SMILES string of the molecule is CSCC[C@H](NC(=O)[C@H](CCC(=O)O)NC(=O)[C@H](CCC(=O)O)NC(C)=O)C(=O)N[C@@H](CCC(N)=O)C(=O)N[C@@H](CCCN=C(N)N)C(=O)N[C@@H](CCCN=C(N)N)C(=O)N[C@@H](CO)C(=O)N[C@@H](CC(=O)O)C(N)=O. The number of carbonyl (C=O) groups excluding carboxylic acids is 10. The van der Waals surface area contributed by atoms with Crippen molar-refractivity contribution in [3.8, 4) is 0 Å². The zero-order valence-corrected chi connectivity index (χ0v) is 42.1. The minimum absolute atomic E-state index is 0.0113. The first kappa shape index (κ1) is 67.0. The van der Waals surface area contributed by atoms with Gasteiger partial charge in [-0.2, -0.15) is 11.8 Å². The molecule has 10 amide bonds. The smallest absolute Gasteiger partial charge is 0.305 e. The fourth-order valence-corrected chi connectivity index (χ4v) is 6.89. The van der Waals surface area contributed by atoms with Gasteiger partial charge in [-0.15, -0.1) is 0 Å². The second-order valence-electron chi connectivity index (χ2n) is 16.4. The van der Waals surface area contributed by atoms with Crippen molar-refractivity contribution in [2.24, 2.45) is 44.4 Å². The van der Waals surface area contributed by atoms with Gasteiger partial charge in [0.1, 0.15) is 48.3 Å². The predicted molar refractivity (Wildman–Crippen MR) is 265 cm³/mol. The Hall–Kier alpha value is -8.04. The summed E-state index contributed by atoms with van der Waals surface area (Å²) in [4.78, 5) is 173. The number of rotatable bonds is 39. The molecule has 0 aromatic rings. The van der Waals surface area contributed by atoms with E-state index in [0.29, 0.717) is 0 Å². The lowest BCUT2D eigenvalue weighted by Gasteiger charge is -2.28. The number of nitrogens with one attached hydrogen (secondary N) is 8. The summed E-state index contributed by atoms with van der Waals surface area (Å²) in [7, 11) is 0. The molecule has 0 aliphatic carbocycles. The van der Waals surface area contributed by atoms with Gasteiger partial charge in [0.2, 0.25) is 59.1 Å². The lowest BCUT2D eigenvalue weighted by Crippen LogP contribution is -2.60. The van der Waals surface area contributed by atoms with Crippen molar-refractivity contribution in [2.75, 3.05) is 31.7 Å². The van der Waals surface area contributed by atoms with Crippen LogP contribution in [0.1, 0.15) is 84.0 Å². The van der Waals surface area contributed by atoms with Crippen LogP contribution in [0.25, 0.3) is 0 Å². The summed E-state index contributed by atoms with van der Waals surface area (Å²) in [5, 5.41) is 56.0. The molecular formula is C41H70N16O17S. The number of guanidine groups is 2. The highest BCUT2D eigenvalue weighted by Crippen LogP contribution is 2.10. The number of nitrogens with zero attached hydrogens (tertiary/aromatic N) is 2. The summed E-state index contributed by atoms with van der Waals surface area (Å²) in [5.74, 6) is -15.4. The maximum atomic E-state index is 14.1. The van der Waals surface area contributed by atoms with Gasteiger partial charge in [-0.25, -0.2) is 0 Å². The summed E-state index contributed by atoms with van der Waals surface area (Å²) in [6.07, 6.45) is -3.28. The molecule has 34 heteroatoms. The van der Waals surface area contributed by atoms with Gasteiger partial charge in [0, 0.05) is 39.3 Å². The first-order chi connectivity index (χ1) is 35.1. The van der Waals surface area contributed by atoms with Gasteiger partial charge in [-0.05, 0) is 63.4 Å². The number of carboxylic acids is 3. The van der Waals surface area contributed by atoms with Crippen LogP contribution < -0.4 is 76.9 Å². The Bertz CT molecular complexity index is 2090. The van der Waals surface area contributed by atoms with Gasteiger partial charge in [0.25, 0.3) is 0 Å². The third-order valence-corrected chi connectivity index (χ3v) is 10.8.